The summed E-state index contributed by atoms with van der Waals surface area (Å²) in [4.78, 5) is 12.7. The van der Waals surface area contributed by atoms with Crippen molar-refractivity contribution in [3.05, 3.63) is 59.7 Å². The molecule has 3 N–H and O–H groups in total. The summed E-state index contributed by atoms with van der Waals surface area (Å²) in [6.07, 6.45) is 0. The molecule has 1 saturated carbocycles. The van der Waals surface area contributed by atoms with Gasteiger partial charge in [0, 0.05) is 12.0 Å². The number of ether oxygens (including phenoxy) is 1. The van der Waals surface area contributed by atoms with Crippen LogP contribution in [0.4, 0.5) is 0 Å². The van der Waals surface area contributed by atoms with E-state index < -0.39 is 10.0 Å². The summed E-state index contributed by atoms with van der Waals surface area (Å²) in [5.41, 5.74) is 1.31. The topological polar surface area (TPSA) is 98.5 Å². The zero-order chi connectivity index (χ0) is 19.1. The molecule has 6 nitrogen and oxygen atoms in total. The van der Waals surface area contributed by atoms with Crippen LogP contribution in [0.5, 0.6) is 5.75 Å². The highest BCUT2D eigenvalue weighted by Gasteiger charge is 2.59. The number of methoxy groups -OCH3 is 1. The van der Waals surface area contributed by atoms with Gasteiger partial charge in [-0.25, -0.2) is 13.6 Å². The molecule has 1 aliphatic rings. The van der Waals surface area contributed by atoms with Gasteiger partial charge in [-0.2, -0.15) is 0 Å². The molecule has 0 aromatic heterocycles. The van der Waals surface area contributed by atoms with Gasteiger partial charge in [0.05, 0.1) is 17.6 Å². The predicted molar refractivity (Wildman–Crippen MR) is 98.6 cm³/mol. The lowest BCUT2D eigenvalue weighted by Crippen LogP contribution is -2.29. The predicted octanol–water partition coefficient (Wildman–Crippen LogP) is 2.26. The summed E-state index contributed by atoms with van der Waals surface area (Å²) in [5, 5.41) is 8.21. The first-order chi connectivity index (χ1) is 12.2. The molecule has 2 unspecified atom stereocenters. The molecule has 2 aromatic rings. The number of primary sulfonamides is 1. The number of nitrogens with two attached hydrogens (primary N) is 1. The Bertz CT molecular complexity index is 936. The van der Waals surface area contributed by atoms with Gasteiger partial charge in [-0.05, 0) is 35.2 Å². The molecule has 1 amide bonds. The summed E-state index contributed by atoms with van der Waals surface area (Å²) >= 11 is 0. The molecular weight excluding hydrogens is 352 g/mol. The summed E-state index contributed by atoms with van der Waals surface area (Å²) < 4.78 is 28.0. The van der Waals surface area contributed by atoms with Crippen LogP contribution in [0.2, 0.25) is 0 Å². The van der Waals surface area contributed by atoms with E-state index in [1.807, 2.05) is 6.07 Å². The van der Waals surface area contributed by atoms with Crippen molar-refractivity contribution in [1.82, 2.24) is 5.32 Å². The third kappa shape index (κ3) is 3.32. The van der Waals surface area contributed by atoms with E-state index >= 15 is 0 Å². The van der Waals surface area contributed by atoms with E-state index in [-0.39, 0.29) is 28.2 Å². The van der Waals surface area contributed by atoms with Crippen LogP contribution in [-0.2, 0) is 10.0 Å². The minimum atomic E-state index is -3.71. The molecule has 138 valence electrons. The van der Waals surface area contributed by atoms with Crippen molar-refractivity contribution in [2.75, 3.05) is 7.11 Å². The number of para-hydroxylation sites is 1. The number of carbonyl (C=O) groups excluding carboxylic acids is 1. The summed E-state index contributed by atoms with van der Waals surface area (Å²) in [6, 6.07) is 13.5. The molecule has 1 fully saturated rings. The molecule has 0 spiro atoms. The van der Waals surface area contributed by atoms with E-state index in [1.165, 1.54) is 19.2 Å². The fourth-order valence-corrected chi connectivity index (χ4v) is 3.96. The monoisotopic (exact) mass is 374 g/mol. The number of nitrogens with one attached hydrogen (secondary N) is 1. The third-order valence-electron chi connectivity index (χ3n) is 5.03. The first kappa shape index (κ1) is 18.4. The Hall–Kier alpha value is -2.38. The molecule has 0 aliphatic heterocycles. The van der Waals surface area contributed by atoms with Crippen molar-refractivity contribution in [3.8, 4) is 5.75 Å². The van der Waals surface area contributed by atoms with E-state index in [4.69, 9.17) is 9.88 Å². The molecule has 3 rings (SSSR count). The molecule has 2 aromatic carbocycles. The molecule has 7 heteroatoms. The minimum absolute atomic E-state index is 0.0553. The van der Waals surface area contributed by atoms with Crippen LogP contribution in [0.3, 0.4) is 0 Å². The Labute approximate surface area is 153 Å². The van der Waals surface area contributed by atoms with Crippen LogP contribution in [0.25, 0.3) is 0 Å². The number of hydrogen-bond donors (Lipinski definition) is 2. The maximum Gasteiger partial charge on any atom is 0.255 e. The van der Waals surface area contributed by atoms with E-state index in [0.717, 1.165) is 5.56 Å². The average molecular weight is 374 g/mol. The number of benzene rings is 2. The lowest BCUT2D eigenvalue weighted by atomic mass is 10.0. The van der Waals surface area contributed by atoms with Crippen molar-refractivity contribution in [2.45, 2.75) is 30.7 Å². The van der Waals surface area contributed by atoms with Gasteiger partial charge in [0.1, 0.15) is 5.75 Å². The Morgan fingerprint density at radius 1 is 1.12 bits per heavy atom. The number of rotatable bonds is 5. The number of hydrogen-bond acceptors (Lipinski definition) is 4. The normalized spacial score (nSPS) is 21.1. The summed E-state index contributed by atoms with van der Waals surface area (Å²) in [5.74, 6) is 0.428. The van der Waals surface area contributed by atoms with Crippen LogP contribution in [0, 0.1) is 5.41 Å². The van der Waals surface area contributed by atoms with Crippen molar-refractivity contribution in [2.24, 2.45) is 10.6 Å². The van der Waals surface area contributed by atoms with Crippen LogP contribution in [0.15, 0.2) is 53.4 Å². The lowest BCUT2D eigenvalue weighted by molar-refractivity contribution is 0.0943. The van der Waals surface area contributed by atoms with E-state index in [9.17, 15) is 13.2 Å². The van der Waals surface area contributed by atoms with Crippen LogP contribution >= 0.6 is 0 Å². The standard InChI is InChI=1S/C19H22N2O4S/c1-19(2)16(12-8-10-13(11-9-12)26(20,23)24)17(19)21-18(22)14-6-4-5-7-15(14)25-3/h4-11,16-17H,1-3H3,(H,21,22)(H2,20,23,24). The van der Waals surface area contributed by atoms with Crippen LogP contribution < -0.4 is 15.2 Å². The van der Waals surface area contributed by atoms with Gasteiger partial charge < -0.3 is 10.1 Å². The molecule has 0 bridgehead atoms. The zero-order valence-corrected chi connectivity index (χ0v) is 15.7. The largest absolute Gasteiger partial charge is 0.496 e. The maximum atomic E-state index is 12.6. The summed E-state index contributed by atoms with van der Waals surface area (Å²) in [6.45, 7) is 4.14. The fourth-order valence-electron chi connectivity index (χ4n) is 3.45. The first-order valence-electron chi connectivity index (χ1n) is 8.23. The minimum Gasteiger partial charge on any atom is -0.496 e. The molecule has 0 saturated heterocycles. The van der Waals surface area contributed by atoms with Crippen molar-refractivity contribution >= 4 is 15.9 Å². The van der Waals surface area contributed by atoms with Gasteiger partial charge in [0.25, 0.3) is 5.91 Å². The Morgan fingerprint density at radius 2 is 1.73 bits per heavy atom. The Kier molecular flexibility index (Phi) is 4.54. The highest BCUT2D eigenvalue weighted by Crippen LogP contribution is 2.58. The van der Waals surface area contributed by atoms with Crippen LogP contribution in [0.1, 0.15) is 35.7 Å². The van der Waals surface area contributed by atoms with Gasteiger partial charge in [-0.3, -0.25) is 4.79 Å². The second kappa shape index (κ2) is 6.41. The van der Waals surface area contributed by atoms with Crippen LogP contribution in [-0.4, -0.2) is 27.5 Å². The second-order valence-electron chi connectivity index (χ2n) is 7.06. The number of amides is 1. The zero-order valence-electron chi connectivity index (χ0n) is 14.9. The SMILES string of the molecule is COc1ccccc1C(=O)NC1C(c2ccc(S(N)(=O)=O)cc2)C1(C)C. The van der Waals surface area contributed by atoms with E-state index in [1.54, 1.807) is 30.3 Å². The van der Waals surface area contributed by atoms with Gasteiger partial charge in [0.2, 0.25) is 10.0 Å². The third-order valence-corrected chi connectivity index (χ3v) is 5.96. The Balaban J connectivity index is 1.79. The molecule has 1 aliphatic carbocycles. The van der Waals surface area contributed by atoms with Crippen molar-refractivity contribution < 1.29 is 17.9 Å². The second-order valence-corrected chi connectivity index (χ2v) is 8.63. The van der Waals surface area contributed by atoms with Gasteiger partial charge in [-0.1, -0.05) is 38.1 Å². The molecule has 2 atom stereocenters. The number of sulfonamides is 1. The molecule has 0 heterocycles. The number of carbonyl (C=O) groups is 1. The highest BCUT2D eigenvalue weighted by molar-refractivity contribution is 7.89. The van der Waals surface area contributed by atoms with E-state index in [0.29, 0.717) is 11.3 Å². The highest BCUT2D eigenvalue weighted by atomic mass is 32.2. The molecule has 0 radical (unpaired) electrons. The fraction of sp³-hybridized carbons (Fsp3) is 0.316. The average Bonchev–Trinajstić information content (AvgIpc) is 3.14. The quantitative estimate of drug-likeness (QED) is 0.839. The first-order valence-corrected chi connectivity index (χ1v) is 9.77. The van der Waals surface area contributed by atoms with Gasteiger partial charge in [-0.15, -0.1) is 0 Å². The summed E-state index contributed by atoms with van der Waals surface area (Å²) in [7, 11) is -2.18. The van der Waals surface area contributed by atoms with E-state index in [2.05, 4.69) is 19.2 Å². The molecular formula is C19H22N2O4S. The Morgan fingerprint density at radius 3 is 2.31 bits per heavy atom. The molecule has 26 heavy (non-hydrogen) atoms. The van der Waals surface area contributed by atoms with Crippen molar-refractivity contribution in [3.63, 3.8) is 0 Å². The van der Waals surface area contributed by atoms with Crippen molar-refractivity contribution in [1.29, 1.82) is 0 Å². The lowest BCUT2D eigenvalue weighted by Gasteiger charge is -2.10. The van der Waals surface area contributed by atoms with Gasteiger partial charge >= 0.3 is 0 Å². The maximum absolute atomic E-state index is 12.6. The smallest absolute Gasteiger partial charge is 0.255 e. The van der Waals surface area contributed by atoms with Gasteiger partial charge in [0.15, 0.2) is 0 Å².